The zero-order valence-electron chi connectivity index (χ0n) is 11.4. The molecule has 1 atom stereocenters. The minimum atomic E-state index is -0.393. The van der Waals surface area contributed by atoms with E-state index in [1.165, 1.54) is 14.2 Å². The summed E-state index contributed by atoms with van der Waals surface area (Å²) in [4.78, 5) is 12.4. The van der Waals surface area contributed by atoms with Crippen LogP contribution in [-0.4, -0.2) is 40.8 Å². The number of amides is 1. The van der Waals surface area contributed by atoms with Crippen molar-refractivity contribution < 1.29 is 14.3 Å². The van der Waals surface area contributed by atoms with Crippen LogP contribution in [0.4, 0.5) is 0 Å². The molecule has 20 heavy (non-hydrogen) atoms. The molecule has 0 saturated carbocycles. The summed E-state index contributed by atoms with van der Waals surface area (Å²) in [6.07, 6.45) is 0. The highest BCUT2D eigenvalue weighted by Gasteiger charge is 2.21. The minimum Gasteiger partial charge on any atom is -0.496 e. The molecule has 2 rings (SSSR count). The first kappa shape index (κ1) is 13.8. The molecule has 0 spiro atoms. The van der Waals surface area contributed by atoms with Crippen LogP contribution in [0.15, 0.2) is 18.2 Å². The summed E-state index contributed by atoms with van der Waals surface area (Å²) in [6, 6.07) is 4.74. The maximum absolute atomic E-state index is 12.4. The quantitative estimate of drug-likeness (QED) is 0.834. The third-order valence-corrected chi connectivity index (χ3v) is 2.75. The predicted molar refractivity (Wildman–Crippen MR) is 69.6 cm³/mol. The van der Waals surface area contributed by atoms with Gasteiger partial charge in [0, 0.05) is 0 Å². The van der Waals surface area contributed by atoms with E-state index < -0.39 is 6.04 Å². The fraction of sp³-hybridized carbons (Fsp3) is 0.333. The molecule has 8 nitrogen and oxygen atoms in total. The Kier molecular flexibility index (Phi) is 4.14. The first-order valence-electron chi connectivity index (χ1n) is 5.92. The van der Waals surface area contributed by atoms with Gasteiger partial charge in [-0.1, -0.05) is 11.3 Å². The minimum absolute atomic E-state index is 0.327. The number of hydrogen-bond donors (Lipinski definition) is 2. The van der Waals surface area contributed by atoms with Crippen molar-refractivity contribution in [3.05, 3.63) is 29.6 Å². The van der Waals surface area contributed by atoms with Crippen molar-refractivity contribution in [1.29, 1.82) is 0 Å². The van der Waals surface area contributed by atoms with Gasteiger partial charge in [0.25, 0.3) is 5.91 Å². The number of carbonyl (C=O) groups is 1. The Bertz CT molecular complexity index is 563. The maximum Gasteiger partial charge on any atom is 0.259 e. The summed E-state index contributed by atoms with van der Waals surface area (Å²) in [5.41, 5.74) is 0.327. The molecule has 2 aromatic rings. The summed E-state index contributed by atoms with van der Waals surface area (Å²) in [5.74, 6) is 0.924. The second-order valence-electron chi connectivity index (χ2n) is 4.00. The lowest BCUT2D eigenvalue weighted by molar-refractivity contribution is 0.0932. The number of tetrazole rings is 1. The van der Waals surface area contributed by atoms with Crippen LogP contribution >= 0.6 is 0 Å². The summed E-state index contributed by atoms with van der Waals surface area (Å²) in [7, 11) is 2.99. The molecule has 0 saturated heterocycles. The van der Waals surface area contributed by atoms with Crippen LogP contribution in [0, 0.1) is 0 Å². The van der Waals surface area contributed by atoms with Crippen LogP contribution in [-0.2, 0) is 0 Å². The number of H-pyrrole nitrogens is 1. The molecule has 0 aliphatic carbocycles. The first-order valence-corrected chi connectivity index (χ1v) is 5.92. The van der Waals surface area contributed by atoms with Crippen molar-refractivity contribution >= 4 is 5.91 Å². The SMILES string of the molecule is COc1cccc(OC)c1C(=O)NC(C)c1nn[nH]n1. The second-order valence-corrected chi connectivity index (χ2v) is 4.00. The van der Waals surface area contributed by atoms with E-state index >= 15 is 0 Å². The Morgan fingerprint density at radius 3 is 2.45 bits per heavy atom. The van der Waals surface area contributed by atoms with Gasteiger partial charge in [-0.25, -0.2) is 0 Å². The standard InChI is InChI=1S/C12H15N5O3/c1-7(11-14-16-17-15-11)13-12(18)10-8(19-2)5-4-6-9(10)20-3/h4-7H,1-3H3,(H,13,18)(H,14,15,16,17). The zero-order valence-corrected chi connectivity index (χ0v) is 11.4. The van der Waals surface area contributed by atoms with Gasteiger partial charge < -0.3 is 14.8 Å². The number of nitrogens with zero attached hydrogens (tertiary/aromatic N) is 3. The molecule has 1 heterocycles. The number of aromatic amines is 1. The van der Waals surface area contributed by atoms with Crippen molar-refractivity contribution in [2.45, 2.75) is 13.0 Å². The first-order chi connectivity index (χ1) is 9.67. The number of hydrogen-bond acceptors (Lipinski definition) is 6. The monoisotopic (exact) mass is 277 g/mol. The van der Waals surface area contributed by atoms with Gasteiger partial charge in [0.15, 0.2) is 5.82 Å². The van der Waals surface area contributed by atoms with Crippen molar-refractivity contribution in [2.75, 3.05) is 14.2 Å². The highest BCUT2D eigenvalue weighted by atomic mass is 16.5. The predicted octanol–water partition coefficient (Wildman–Crippen LogP) is 0.708. The number of carbonyl (C=O) groups excluding carboxylic acids is 1. The third kappa shape index (κ3) is 2.68. The van der Waals surface area contributed by atoms with E-state index in [0.29, 0.717) is 22.9 Å². The summed E-state index contributed by atoms with van der Waals surface area (Å²) >= 11 is 0. The van der Waals surface area contributed by atoms with Crippen LogP contribution in [0.3, 0.4) is 0 Å². The van der Waals surface area contributed by atoms with Gasteiger partial charge in [0.2, 0.25) is 0 Å². The number of methoxy groups -OCH3 is 2. The highest BCUT2D eigenvalue weighted by Crippen LogP contribution is 2.28. The van der Waals surface area contributed by atoms with E-state index in [1.54, 1.807) is 25.1 Å². The van der Waals surface area contributed by atoms with E-state index in [4.69, 9.17) is 9.47 Å². The van der Waals surface area contributed by atoms with Crippen molar-refractivity contribution in [2.24, 2.45) is 0 Å². The van der Waals surface area contributed by atoms with E-state index in [-0.39, 0.29) is 5.91 Å². The molecule has 2 N–H and O–H groups in total. The highest BCUT2D eigenvalue weighted by molar-refractivity contribution is 5.99. The fourth-order valence-corrected chi connectivity index (χ4v) is 1.76. The second kappa shape index (κ2) is 6.00. The van der Waals surface area contributed by atoms with Gasteiger partial charge in [-0.15, -0.1) is 10.2 Å². The van der Waals surface area contributed by atoms with Gasteiger partial charge in [-0.05, 0) is 19.1 Å². The average Bonchev–Trinajstić information content (AvgIpc) is 3.00. The van der Waals surface area contributed by atoms with Gasteiger partial charge >= 0.3 is 0 Å². The van der Waals surface area contributed by atoms with Crippen LogP contribution in [0.1, 0.15) is 29.1 Å². The third-order valence-electron chi connectivity index (χ3n) is 2.75. The number of rotatable bonds is 5. The van der Waals surface area contributed by atoms with Crippen LogP contribution in [0.5, 0.6) is 11.5 Å². The Morgan fingerprint density at radius 1 is 1.30 bits per heavy atom. The van der Waals surface area contributed by atoms with E-state index in [9.17, 15) is 4.79 Å². The number of ether oxygens (including phenoxy) is 2. The molecule has 8 heteroatoms. The normalized spacial score (nSPS) is 11.8. The van der Waals surface area contributed by atoms with E-state index in [1.807, 2.05) is 0 Å². The fourth-order valence-electron chi connectivity index (χ4n) is 1.76. The number of aromatic nitrogens is 4. The molecule has 0 radical (unpaired) electrons. The van der Waals surface area contributed by atoms with Crippen LogP contribution in [0.25, 0.3) is 0 Å². The molecule has 106 valence electrons. The Labute approximate surface area is 115 Å². The lowest BCUT2D eigenvalue weighted by Gasteiger charge is -2.15. The smallest absolute Gasteiger partial charge is 0.259 e. The molecule has 0 fully saturated rings. The average molecular weight is 277 g/mol. The molecular weight excluding hydrogens is 262 g/mol. The van der Waals surface area contributed by atoms with Gasteiger partial charge in [0.05, 0.1) is 20.3 Å². The lowest BCUT2D eigenvalue weighted by Crippen LogP contribution is -2.28. The molecule has 1 aromatic heterocycles. The molecule has 0 aliphatic heterocycles. The lowest BCUT2D eigenvalue weighted by atomic mass is 10.1. The summed E-state index contributed by atoms with van der Waals surface area (Å²) < 4.78 is 10.4. The molecule has 0 aliphatic rings. The topological polar surface area (TPSA) is 102 Å². The zero-order chi connectivity index (χ0) is 14.5. The van der Waals surface area contributed by atoms with Gasteiger partial charge in [-0.2, -0.15) is 5.21 Å². The Hall–Kier alpha value is -2.64. The summed E-state index contributed by atoms with van der Waals surface area (Å²) in [5, 5.41) is 16.2. The summed E-state index contributed by atoms with van der Waals surface area (Å²) in [6.45, 7) is 1.75. The molecular formula is C12H15N5O3. The van der Waals surface area contributed by atoms with Crippen molar-refractivity contribution in [3.63, 3.8) is 0 Å². The number of nitrogens with one attached hydrogen (secondary N) is 2. The molecule has 1 aromatic carbocycles. The molecule has 0 bridgehead atoms. The molecule has 1 unspecified atom stereocenters. The van der Waals surface area contributed by atoms with Gasteiger partial charge in [0.1, 0.15) is 17.1 Å². The number of benzene rings is 1. The van der Waals surface area contributed by atoms with Crippen LogP contribution in [0.2, 0.25) is 0 Å². The van der Waals surface area contributed by atoms with E-state index in [2.05, 4.69) is 25.9 Å². The largest absolute Gasteiger partial charge is 0.496 e. The van der Waals surface area contributed by atoms with Gasteiger partial charge in [-0.3, -0.25) is 4.79 Å². The Morgan fingerprint density at radius 2 is 1.95 bits per heavy atom. The molecule has 1 amide bonds. The van der Waals surface area contributed by atoms with Crippen molar-refractivity contribution in [3.8, 4) is 11.5 Å². The van der Waals surface area contributed by atoms with Crippen LogP contribution < -0.4 is 14.8 Å². The maximum atomic E-state index is 12.4. The van der Waals surface area contributed by atoms with Crippen molar-refractivity contribution in [1.82, 2.24) is 25.9 Å². The Balaban J connectivity index is 2.25. The van der Waals surface area contributed by atoms with E-state index in [0.717, 1.165) is 0 Å².